The second-order valence-electron chi connectivity index (χ2n) is 5.48. The quantitative estimate of drug-likeness (QED) is 0.823. The minimum Gasteiger partial charge on any atom is -0.314 e. The molecule has 17 heavy (non-hydrogen) atoms. The number of halogens is 1. The molecule has 0 heterocycles. The van der Waals surface area contributed by atoms with Gasteiger partial charge in [0.1, 0.15) is 5.82 Å². The summed E-state index contributed by atoms with van der Waals surface area (Å²) in [5.41, 5.74) is 1.40. The van der Waals surface area contributed by atoms with Crippen molar-refractivity contribution in [2.75, 3.05) is 6.54 Å². The third kappa shape index (κ3) is 2.52. The van der Waals surface area contributed by atoms with Crippen LogP contribution in [0.2, 0.25) is 0 Å². The largest absolute Gasteiger partial charge is 0.314 e. The van der Waals surface area contributed by atoms with Gasteiger partial charge in [0.2, 0.25) is 0 Å². The standard InChI is InChI=1S/C15H22FN/c1-4-15(9-13(15)10-17-11(2)3)12-6-5-7-14(16)8-12/h5-8,11,13,17H,4,9-10H2,1-3H3. The molecule has 0 bridgehead atoms. The van der Waals surface area contributed by atoms with Crippen LogP contribution in [0.5, 0.6) is 0 Å². The molecule has 1 N–H and O–H groups in total. The van der Waals surface area contributed by atoms with Crippen LogP contribution in [-0.2, 0) is 5.41 Å². The van der Waals surface area contributed by atoms with Gasteiger partial charge in [0.05, 0.1) is 0 Å². The van der Waals surface area contributed by atoms with Gasteiger partial charge in [0.25, 0.3) is 0 Å². The Labute approximate surface area is 103 Å². The Hall–Kier alpha value is -0.890. The Bertz CT molecular complexity index is 388. The topological polar surface area (TPSA) is 12.0 Å². The monoisotopic (exact) mass is 235 g/mol. The summed E-state index contributed by atoms with van der Waals surface area (Å²) >= 11 is 0. The van der Waals surface area contributed by atoms with Crippen molar-refractivity contribution in [3.63, 3.8) is 0 Å². The van der Waals surface area contributed by atoms with Gasteiger partial charge in [-0.1, -0.05) is 32.9 Å². The number of nitrogens with one attached hydrogen (secondary N) is 1. The van der Waals surface area contributed by atoms with Crippen molar-refractivity contribution in [2.24, 2.45) is 5.92 Å². The maximum Gasteiger partial charge on any atom is 0.123 e. The Morgan fingerprint density at radius 2 is 2.24 bits per heavy atom. The summed E-state index contributed by atoms with van der Waals surface area (Å²) in [5.74, 6) is 0.550. The van der Waals surface area contributed by atoms with Gasteiger partial charge in [0.15, 0.2) is 0 Å². The van der Waals surface area contributed by atoms with E-state index in [1.165, 1.54) is 18.1 Å². The van der Waals surface area contributed by atoms with Crippen LogP contribution in [-0.4, -0.2) is 12.6 Å². The van der Waals surface area contributed by atoms with Crippen LogP contribution in [0.25, 0.3) is 0 Å². The zero-order chi connectivity index (χ0) is 12.5. The van der Waals surface area contributed by atoms with Crippen LogP contribution in [0.1, 0.15) is 39.2 Å². The first-order valence-corrected chi connectivity index (χ1v) is 6.58. The predicted molar refractivity (Wildman–Crippen MR) is 69.6 cm³/mol. The summed E-state index contributed by atoms with van der Waals surface area (Å²) in [5, 5.41) is 3.49. The molecule has 0 spiro atoms. The molecule has 1 aliphatic rings. The van der Waals surface area contributed by atoms with Gasteiger partial charge in [-0.2, -0.15) is 0 Å². The molecule has 0 aromatic heterocycles. The molecule has 0 radical (unpaired) electrons. The Balaban J connectivity index is 2.08. The Morgan fingerprint density at radius 1 is 1.47 bits per heavy atom. The molecule has 2 unspecified atom stereocenters. The lowest BCUT2D eigenvalue weighted by atomic mass is 9.90. The van der Waals surface area contributed by atoms with E-state index in [0.29, 0.717) is 12.0 Å². The molecule has 1 aromatic carbocycles. The van der Waals surface area contributed by atoms with Gasteiger partial charge in [-0.25, -0.2) is 4.39 Å². The highest BCUT2D eigenvalue weighted by Crippen LogP contribution is 2.56. The van der Waals surface area contributed by atoms with E-state index in [0.717, 1.165) is 13.0 Å². The average Bonchev–Trinajstić information content (AvgIpc) is 3.01. The van der Waals surface area contributed by atoms with Gasteiger partial charge >= 0.3 is 0 Å². The van der Waals surface area contributed by atoms with Crippen LogP contribution in [0.4, 0.5) is 4.39 Å². The van der Waals surface area contributed by atoms with Gasteiger partial charge in [-0.05, 0) is 48.4 Å². The normalized spacial score (nSPS) is 27.5. The summed E-state index contributed by atoms with van der Waals surface area (Å²) in [7, 11) is 0. The fraction of sp³-hybridized carbons (Fsp3) is 0.600. The third-order valence-electron chi connectivity index (χ3n) is 4.03. The molecular formula is C15H22FN. The van der Waals surface area contributed by atoms with Gasteiger partial charge in [-0.15, -0.1) is 0 Å². The predicted octanol–water partition coefficient (Wildman–Crippen LogP) is 3.49. The first-order valence-electron chi connectivity index (χ1n) is 6.58. The van der Waals surface area contributed by atoms with Crippen molar-refractivity contribution in [3.05, 3.63) is 35.6 Å². The van der Waals surface area contributed by atoms with E-state index in [-0.39, 0.29) is 11.2 Å². The molecule has 1 aromatic rings. The van der Waals surface area contributed by atoms with Gasteiger partial charge in [0, 0.05) is 6.04 Å². The van der Waals surface area contributed by atoms with E-state index in [4.69, 9.17) is 0 Å². The maximum atomic E-state index is 13.3. The van der Waals surface area contributed by atoms with E-state index < -0.39 is 0 Å². The number of rotatable bonds is 5. The van der Waals surface area contributed by atoms with E-state index in [2.05, 4.69) is 32.2 Å². The number of hydrogen-bond acceptors (Lipinski definition) is 1. The Kier molecular flexibility index (Phi) is 3.53. The van der Waals surface area contributed by atoms with Crippen LogP contribution in [0.3, 0.4) is 0 Å². The van der Waals surface area contributed by atoms with Crippen molar-refractivity contribution in [2.45, 2.75) is 45.1 Å². The SMILES string of the molecule is CCC1(c2cccc(F)c2)CC1CNC(C)C. The smallest absolute Gasteiger partial charge is 0.123 e. The fourth-order valence-electron chi connectivity index (χ4n) is 2.82. The van der Waals surface area contributed by atoms with Crippen LogP contribution < -0.4 is 5.32 Å². The van der Waals surface area contributed by atoms with Crippen LogP contribution in [0.15, 0.2) is 24.3 Å². The zero-order valence-corrected chi connectivity index (χ0v) is 11.0. The molecule has 2 heteroatoms. The highest BCUT2D eigenvalue weighted by atomic mass is 19.1. The first-order chi connectivity index (χ1) is 8.08. The molecule has 0 saturated heterocycles. The molecule has 2 rings (SSSR count). The lowest BCUT2D eigenvalue weighted by Crippen LogP contribution is -2.27. The average molecular weight is 235 g/mol. The molecule has 1 saturated carbocycles. The van der Waals surface area contributed by atoms with E-state index in [1.807, 2.05) is 6.07 Å². The molecule has 1 aliphatic carbocycles. The zero-order valence-electron chi connectivity index (χ0n) is 11.0. The van der Waals surface area contributed by atoms with Crippen molar-refractivity contribution in [1.29, 1.82) is 0 Å². The van der Waals surface area contributed by atoms with Gasteiger partial charge < -0.3 is 5.32 Å². The van der Waals surface area contributed by atoms with Crippen molar-refractivity contribution in [3.8, 4) is 0 Å². The number of benzene rings is 1. The minimum atomic E-state index is -0.113. The minimum absolute atomic E-state index is 0.113. The van der Waals surface area contributed by atoms with E-state index in [1.54, 1.807) is 6.07 Å². The second-order valence-corrected chi connectivity index (χ2v) is 5.48. The summed E-state index contributed by atoms with van der Waals surface area (Å²) in [6.07, 6.45) is 2.29. The molecular weight excluding hydrogens is 213 g/mol. The summed E-state index contributed by atoms with van der Waals surface area (Å²) in [4.78, 5) is 0. The van der Waals surface area contributed by atoms with Crippen molar-refractivity contribution < 1.29 is 4.39 Å². The summed E-state index contributed by atoms with van der Waals surface area (Å²) in [6.45, 7) is 7.58. The Morgan fingerprint density at radius 3 is 2.82 bits per heavy atom. The fourth-order valence-corrected chi connectivity index (χ4v) is 2.82. The van der Waals surface area contributed by atoms with Gasteiger partial charge in [-0.3, -0.25) is 0 Å². The lowest BCUT2D eigenvalue weighted by Gasteiger charge is -2.17. The van der Waals surface area contributed by atoms with E-state index in [9.17, 15) is 4.39 Å². The van der Waals surface area contributed by atoms with Crippen LogP contribution in [0, 0.1) is 11.7 Å². The highest BCUT2D eigenvalue weighted by molar-refractivity contribution is 5.34. The molecule has 2 atom stereocenters. The summed E-state index contributed by atoms with van der Waals surface area (Å²) < 4.78 is 13.3. The molecule has 1 nitrogen and oxygen atoms in total. The molecule has 0 amide bonds. The highest BCUT2D eigenvalue weighted by Gasteiger charge is 2.53. The number of hydrogen-bond donors (Lipinski definition) is 1. The lowest BCUT2D eigenvalue weighted by molar-refractivity contribution is 0.503. The van der Waals surface area contributed by atoms with Crippen LogP contribution >= 0.6 is 0 Å². The third-order valence-corrected chi connectivity index (χ3v) is 4.03. The maximum absolute atomic E-state index is 13.3. The van der Waals surface area contributed by atoms with Crippen molar-refractivity contribution in [1.82, 2.24) is 5.32 Å². The molecule has 94 valence electrons. The summed E-state index contributed by atoms with van der Waals surface area (Å²) in [6, 6.07) is 7.66. The first kappa shape index (κ1) is 12.6. The second kappa shape index (κ2) is 4.77. The van der Waals surface area contributed by atoms with E-state index >= 15 is 0 Å². The molecule has 1 fully saturated rings. The molecule has 0 aliphatic heterocycles. The van der Waals surface area contributed by atoms with Crippen molar-refractivity contribution >= 4 is 0 Å².